The molecule has 4 aliphatic carbocycles. The molecule has 11 heteroatoms. The topological polar surface area (TPSA) is 183 Å². The molecule has 0 amide bonds. The average molecular weight is 734 g/mol. The summed E-state index contributed by atoms with van der Waals surface area (Å²) in [6.07, 6.45) is 13.2. The Morgan fingerprint density at radius 1 is 0.712 bits per heavy atom. The van der Waals surface area contributed by atoms with Crippen LogP contribution in [0.15, 0.2) is 0 Å². The molecule has 0 spiro atoms. The van der Waals surface area contributed by atoms with Gasteiger partial charge in [-0.2, -0.15) is 0 Å². The van der Waals surface area contributed by atoms with E-state index in [1.165, 1.54) is 25.7 Å². The van der Waals surface area contributed by atoms with E-state index in [-0.39, 0.29) is 127 Å². The van der Waals surface area contributed by atoms with Gasteiger partial charge >= 0.3 is 23.9 Å². The van der Waals surface area contributed by atoms with Gasteiger partial charge in [0.1, 0.15) is 18.3 Å². The Balaban J connectivity index is 1.56. The van der Waals surface area contributed by atoms with Crippen LogP contribution in [0.3, 0.4) is 0 Å². The number of hydrogen-bond acceptors (Lipinski definition) is 11. The fraction of sp³-hybridized carbons (Fsp3) is 0.902. The smallest absolute Gasteiger partial charge is 0.307 e. The molecular formula is C41H71N3O8. The summed E-state index contributed by atoms with van der Waals surface area (Å²) >= 11 is 0. The molecular weight excluding hydrogens is 662 g/mol. The molecule has 6 N–H and O–H groups in total. The van der Waals surface area contributed by atoms with Crippen molar-refractivity contribution in [2.24, 2.45) is 63.5 Å². The first-order valence-corrected chi connectivity index (χ1v) is 20.8. The highest BCUT2D eigenvalue weighted by atomic mass is 16.6. The maximum Gasteiger partial charge on any atom is 0.307 e. The minimum atomic E-state index is -0.371. The van der Waals surface area contributed by atoms with Crippen molar-refractivity contribution in [3.05, 3.63) is 0 Å². The molecule has 11 nitrogen and oxygen atoms in total. The minimum absolute atomic E-state index is 0.0910. The number of carbonyl (C=O) groups excluding carboxylic acids is 4. The first kappa shape index (κ1) is 42.5. The van der Waals surface area contributed by atoms with E-state index in [0.717, 1.165) is 38.5 Å². The third kappa shape index (κ3) is 10.1. The highest BCUT2D eigenvalue weighted by molar-refractivity contribution is 5.71. The molecule has 4 fully saturated rings. The maximum atomic E-state index is 13.2. The summed E-state index contributed by atoms with van der Waals surface area (Å²) in [7, 11) is 0. The second kappa shape index (κ2) is 19.9. The summed E-state index contributed by atoms with van der Waals surface area (Å²) in [5.41, 5.74) is 16.7. The highest BCUT2D eigenvalue weighted by Crippen LogP contribution is 2.69. The third-order valence-corrected chi connectivity index (χ3v) is 13.9. The molecule has 0 bridgehead atoms. The lowest BCUT2D eigenvalue weighted by Crippen LogP contribution is -2.63. The number of rotatable bonds is 20. The van der Waals surface area contributed by atoms with Crippen LogP contribution in [0.5, 0.6) is 0 Å². The molecule has 1 unspecified atom stereocenters. The van der Waals surface area contributed by atoms with Crippen molar-refractivity contribution < 1.29 is 38.1 Å². The van der Waals surface area contributed by atoms with Crippen LogP contribution in [0, 0.1) is 46.3 Å². The van der Waals surface area contributed by atoms with Crippen molar-refractivity contribution in [2.75, 3.05) is 26.2 Å². The predicted octanol–water partition coefficient (Wildman–Crippen LogP) is 5.97. The van der Waals surface area contributed by atoms with E-state index < -0.39 is 0 Å². The highest BCUT2D eigenvalue weighted by Gasteiger charge is 2.67. The van der Waals surface area contributed by atoms with Crippen molar-refractivity contribution in [3.8, 4) is 0 Å². The van der Waals surface area contributed by atoms with Gasteiger partial charge in [-0.15, -0.1) is 0 Å². The summed E-state index contributed by atoms with van der Waals surface area (Å²) < 4.78 is 24.3. The van der Waals surface area contributed by atoms with E-state index >= 15 is 0 Å². The first-order valence-electron chi connectivity index (χ1n) is 20.8. The van der Waals surface area contributed by atoms with Crippen LogP contribution in [0.25, 0.3) is 0 Å². The van der Waals surface area contributed by atoms with Gasteiger partial charge in [0, 0.05) is 37.4 Å². The molecule has 0 saturated heterocycles. The number of nitrogens with two attached hydrogens (primary N) is 3. The lowest BCUT2D eigenvalue weighted by molar-refractivity contribution is -0.225. The number of fused-ring (bicyclic) bond motifs is 5. The zero-order valence-corrected chi connectivity index (χ0v) is 32.8. The molecule has 0 aromatic carbocycles. The van der Waals surface area contributed by atoms with Gasteiger partial charge in [-0.3, -0.25) is 19.2 Å². The summed E-state index contributed by atoms with van der Waals surface area (Å²) in [5.74, 6) is -0.00360. The minimum Gasteiger partial charge on any atom is -0.466 e. The van der Waals surface area contributed by atoms with E-state index in [1.54, 1.807) is 0 Å². The molecule has 0 aromatic rings. The Morgan fingerprint density at radius 3 is 2.02 bits per heavy atom. The van der Waals surface area contributed by atoms with Crippen LogP contribution in [0.2, 0.25) is 0 Å². The normalized spacial score (nSPS) is 34.3. The van der Waals surface area contributed by atoms with Gasteiger partial charge in [0.25, 0.3) is 0 Å². The second-order valence-electron chi connectivity index (χ2n) is 17.0. The number of ether oxygens (including phenoxy) is 4. The standard InChI is InChI=1S/C41H71N3O8/c1-5-6-7-8-9-10-23-49-35(45)14-11-27(2)30-12-13-31-39-32(26-34(41(30,31)4)52-38(48)18-22-44)40(3)19-15-29(50-36(46)16-20-42)24-28(40)25-33(39)51-37(47)17-21-43/h27-34,39H,5-26,42-44H2,1-4H3/t27-,28+,29-,30?,31+,32+,33-,34+,39+,40+,41-/m1/s1. The molecule has 0 heterocycles. The number of carbonyl (C=O) groups is 4. The molecule has 0 radical (unpaired) electrons. The lowest BCUT2D eigenvalue weighted by atomic mass is 9.43. The summed E-state index contributed by atoms with van der Waals surface area (Å²) in [6, 6.07) is 0. The van der Waals surface area contributed by atoms with Crippen LogP contribution in [-0.4, -0.2) is 68.4 Å². The van der Waals surface area contributed by atoms with Gasteiger partial charge in [0.15, 0.2) is 0 Å². The summed E-state index contributed by atoms with van der Waals surface area (Å²) in [6.45, 7) is 10.3. The van der Waals surface area contributed by atoms with Crippen LogP contribution in [-0.2, 0) is 38.1 Å². The van der Waals surface area contributed by atoms with E-state index in [9.17, 15) is 19.2 Å². The van der Waals surface area contributed by atoms with Crippen molar-refractivity contribution in [2.45, 2.75) is 162 Å². The molecule has 4 saturated carbocycles. The summed E-state index contributed by atoms with van der Waals surface area (Å²) in [4.78, 5) is 51.6. The molecule has 4 rings (SSSR count). The Morgan fingerprint density at radius 2 is 1.35 bits per heavy atom. The maximum absolute atomic E-state index is 13.2. The fourth-order valence-electron chi connectivity index (χ4n) is 11.2. The predicted molar refractivity (Wildman–Crippen MR) is 199 cm³/mol. The number of unbranched alkanes of at least 4 members (excludes halogenated alkanes) is 5. The largest absolute Gasteiger partial charge is 0.466 e. The van der Waals surface area contributed by atoms with Gasteiger partial charge in [-0.1, -0.05) is 59.8 Å². The third-order valence-electron chi connectivity index (χ3n) is 13.9. The van der Waals surface area contributed by atoms with Crippen molar-refractivity contribution in [1.82, 2.24) is 0 Å². The Hall–Kier alpha value is -2.24. The molecule has 0 aromatic heterocycles. The van der Waals surface area contributed by atoms with E-state index in [2.05, 4.69) is 27.7 Å². The average Bonchev–Trinajstić information content (AvgIpc) is 3.46. The Kier molecular flexibility index (Phi) is 16.3. The SMILES string of the molecule is CCCCCCCCOC(=O)CC[C@@H](C)C1CC[C@H]2[C@@H]3[C@H](OC(=O)CCN)C[C@@H]4C[C@H](OC(=O)CCN)CC[C@]4(C)[C@H]3C[C@H](OC(=O)CCN)[C@]12C. The van der Waals surface area contributed by atoms with Gasteiger partial charge < -0.3 is 36.1 Å². The van der Waals surface area contributed by atoms with Crippen molar-refractivity contribution in [1.29, 1.82) is 0 Å². The van der Waals surface area contributed by atoms with Crippen molar-refractivity contribution in [3.63, 3.8) is 0 Å². The molecule has 11 atom stereocenters. The molecule has 298 valence electrons. The fourth-order valence-corrected chi connectivity index (χ4v) is 11.2. The van der Waals surface area contributed by atoms with E-state index in [0.29, 0.717) is 38.7 Å². The molecule has 52 heavy (non-hydrogen) atoms. The Labute approximate surface area is 312 Å². The lowest BCUT2D eigenvalue weighted by Gasteiger charge is -2.64. The zero-order valence-electron chi connectivity index (χ0n) is 32.8. The van der Waals surface area contributed by atoms with E-state index in [1.807, 2.05) is 0 Å². The van der Waals surface area contributed by atoms with Crippen LogP contribution < -0.4 is 17.2 Å². The number of hydrogen-bond donors (Lipinski definition) is 3. The van der Waals surface area contributed by atoms with Crippen LogP contribution >= 0.6 is 0 Å². The van der Waals surface area contributed by atoms with Crippen LogP contribution in [0.1, 0.15) is 143 Å². The molecule has 0 aliphatic heterocycles. The number of esters is 4. The quantitative estimate of drug-likeness (QED) is 0.0762. The van der Waals surface area contributed by atoms with Gasteiger partial charge in [-0.05, 0) is 92.8 Å². The zero-order chi connectivity index (χ0) is 37.9. The van der Waals surface area contributed by atoms with E-state index in [4.69, 9.17) is 36.1 Å². The molecule has 4 aliphatic rings. The van der Waals surface area contributed by atoms with Crippen molar-refractivity contribution >= 4 is 23.9 Å². The van der Waals surface area contributed by atoms with Gasteiger partial charge in [-0.25, -0.2) is 0 Å². The second-order valence-corrected chi connectivity index (χ2v) is 17.0. The van der Waals surface area contributed by atoms with Gasteiger partial charge in [0.2, 0.25) is 0 Å². The Bertz CT molecular complexity index is 1180. The van der Waals surface area contributed by atoms with Gasteiger partial charge in [0.05, 0.1) is 25.9 Å². The monoisotopic (exact) mass is 734 g/mol. The summed E-state index contributed by atoms with van der Waals surface area (Å²) in [5, 5.41) is 0. The van der Waals surface area contributed by atoms with Crippen LogP contribution in [0.4, 0.5) is 0 Å². The first-order chi connectivity index (χ1) is 24.9.